The molecule has 1 N–H and O–H groups in total. The molecule has 23 heavy (non-hydrogen) atoms. The molecule has 0 aliphatic rings. The molecule has 8 heteroatoms. The number of methoxy groups -OCH3 is 2. The Morgan fingerprint density at radius 3 is 2.04 bits per heavy atom. The maximum absolute atomic E-state index is 11.8. The summed E-state index contributed by atoms with van der Waals surface area (Å²) >= 11 is 0. The first-order valence-electron chi connectivity index (χ1n) is 7.17. The van der Waals surface area contributed by atoms with Gasteiger partial charge in [-0.15, -0.1) is 0 Å². The highest BCUT2D eigenvalue weighted by molar-refractivity contribution is 6.77. The summed E-state index contributed by atoms with van der Waals surface area (Å²) in [7, 11) is 0.932. The summed E-state index contributed by atoms with van der Waals surface area (Å²) in [6, 6.07) is 2.63. The van der Waals surface area contributed by atoms with Crippen LogP contribution < -0.4 is 9.47 Å². The van der Waals surface area contributed by atoms with Crippen molar-refractivity contribution in [2.24, 2.45) is 0 Å². The van der Waals surface area contributed by atoms with Gasteiger partial charge in [-0.05, 0) is 11.6 Å². The SMILES string of the molecule is COc1cc(C(C(=O)O)C(C)[Si](C)(C)C)c([N+](=O)[O-])cc1OC. The molecule has 0 radical (unpaired) electrons. The Balaban J connectivity index is 3.64. The number of carboxylic acid groups (broad SMARTS) is 1. The van der Waals surface area contributed by atoms with Crippen molar-refractivity contribution in [2.75, 3.05) is 14.2 Å². The van der Waals surface area contributed by atoms with Gasteiger partial charge in [-0.3, -0.25) is 14.9 Å². The molecule has 2 atom stereocenters. The van der Waals surface area contributed by atoms with E-state index >= 15 is 0 Å². The molecule has 0 amide bonds. The van der Waals surface area contributed by atoms with Crippen LogP contribution in [0.3, 0.4) is 0 Å². The number of hydrogen-bond donors (Lipinski definition) is 1. The van der Waals surface area contributed by atoms with E-state index in [1.807, 2.05) is 26.6 Å². The molecule has 0 aliphatic carbocycles. The zero-order valence-electron chi connectivity index (χ0n) is 14.2. The second-order valence-corrected chi connectivity index (χ2v) is 12.1. The largest absolute Gasteiger partial charge is 0.493 e. The van der Waals surface area contributed by atoms with Crippen LogP contribution in [0.4, 0.5) is 5.69 Å². The summed E-state index contributed by atoms with van der Waals surface area (Å²) in [6.07, 6.45) is 0. The Labute approximate surface area is 136 Å². The Kier molecular flexibility index (Phi) is 5.76. The first-order valence-corrected chi connectivity index (χ1v) is 10.7. The van der Waals surface area contributed by atoms with Crippen LogP contribution in [0.5, 0.6) is 11.5 Å². The third-order valence-electron chi connectivity index (χ3n) is 4.20. The van der Waals surface area contributed by atoms with E-state index in [1.165, 1.54) is 26.4 Å². The van der Waals surface area contributed by atoms with E-state index < -0.39 is 24.9 Å². The van der Waals surface area contributed by atoms with Gasteiger partial charge >= 0.3 is 5.97 Å². The minimum Gasteiger partial charge on any atom is -0.493 e. The molecule has 0 spiro atoms. The Morgan fingerprint density at radius 1 is 1.22 bits per heavy atom. The fourth-order valence-corrected chi connectivity index (χ4v) is 3.73. The van der Waals surface area contributed by atoms with Crippen LogP contribution in [0.2, 0.25) is 25.2 Å². The van der Waals surface area contributed by atoms with Gasteiger partial charge in [0.15, 0.2) is 11.5 Å². The minimum atomic E-state index is -1.85. The molecular formula is C15H23NO6Si. The molecule has 128 valence electrons. The first-order chi connectivity index (χ1) is 10.5. The van der Waals surface area contributed by atoms with Gasteiger partial charge in [0.2, 0.25) is 0 Å². The van der Waals surface area contributed by atoms with Gasteiger partial charge < -0.3 is 14.6 Å². The van der Waals surface area contributed by atoms with Crippen LogP contribution in [0.15, 0.2) is 12.1 Å². The average Bonchev–Trinajstić information content (AvgIpc) is 2.45. The maximum Gasteiger partial charge on any atom is 0.311 e. The van der Waals surface area contributed by atoms with Gasteiger partial charge in [-0.1, -0.05) is 26.6 Å². The Hall–Kier alpha value is -2.09. The van der Waals surface area contributed by atoms with Crippen molar-refractivity contribution < 1.29 is 24.3 Å². The van der Waals surface area contributed by atoms with Crippen molar-refractivity contribution in [1.29, 1.82) is 0 Å². The average molecular weight is 341 g/mol. The fourth-order valence-electron chi connectivity index (χ4n) is 2.41. The van der Waals surface area contributed by atoms with Crippen LogP contribution in [-0.4, -0.2) is 38.3 Å². The van der Waals surface area contributed by atoms with E-state index in [-0.39, 0.29) is 28.3 Å². The van der Waals surface area contributed by atoms with E-state index in [4.69, 9.17) is 9.47 Å². The molecule has 7 nitrogen and oxygen atoms in total. The standard InChI is InChI=1S/C15H23NO6Si/c1-9(23(4,5)6)14(15(17)18)10-7-12(21-2)13(22-3)8-11(10)16(19)20/h7-9,14H,1-6H3,(H,17,18). The van der Waals surface area contributed by atoms with Crippen LogP contribution in [-0.2, 0) is 4.79 Å². The highest BCUT2D eigenvalue weighted by atomic mass is 28.3. The second kappa shape index (κ2) is 6.99. The lowest BCUT2D eigenvalue weighted by molar-refractivity contribution is -0.385. The van der Waals surface area contributed by atoms with E-state index in [2.05, 4.69) is 0 Å². The third-order valence-corrected chi connectivity index (χ3v) is 7.26. The van der Waals surface area contributed by atoms with Crippen molar-refractivity contribution in [1.82, 2.24) is 0 Å². The normalized spacial score (nSPS) is 14.0. The number of carboxylic acids is 1. The fraction of sp³-hybridized carbons (Fsp3) is 0.533. The van der Waals surface area contributed by atoms with Crippen molar-refractivity contribution in [2.45, 2.75) is 38.0 Å². The molecule has 2 unspecified atom stereocenters. The molecule has 1 rings (SSSR count). The number of benzene rings is 1. The highest BCUT2D eigenvalue weighted by Gasteiger charge is 2.39. The van der Waals surface area contributed by atoms with Gasteiger partial charge in [0.05, 0.1) is 31.1 Å². The molecular weight excluding hydrogens is 318 g/mol. The van der Waals surface area contributed by atoms with Crippen molar-refractivity contribution in [3.8, 4) is 11.5 Å². The number of carbonyl (C=O) groups is 1. The van der Waals surface area contributed by atoms with Crippen molar-refractivity contribution in [3.05, 3.63) is 27.8 Å². The molecule has 0 aliphatic heterocycles. The molecule has 0 aromatic heterocycles. The Bertz CT molecular complexity index is 611. The van der Waals surface area contributed by atoms with Crippen molar-refractivity contribution in [3.63, 3.8) is 0 Å². The van der Waals surface area contributed by atoms with E-state index in [1.54, 1.807) is 0 Å². The number of nitrogens with zero attached hydrogens (tertiary/aromatic N) is 1. The van der Waals surface area contributed by atoms with Gasteiger partial charge in [0, 0.05) is 13.6 Å². The quantitative estimate of drug-likeness (QED) is 0.463. The zero-order valence-corrected chi connectivity index (χ0v) is 15.2. The van der Waals surface area contributed by atoms with Crippen LogP contribution in [0.25, 0.3) is 0 Å². The molecule has 1 aromatic carbocycles. The number of ether oxygens (including phenoxy) is 2. The van der Waals surface area contributed by atoms with Crippen LogP contribution in [0.1, 0.15) is 18.4 Å². The molecule has 1 aromatic rings. The van der Waals surface area contributed by atoms with Crippen molar-refractivity contribution >= 4 is 19.7 Å². The van der Waals surface area contributed by atoms with Gasteiger partial charge in [0.1, 0.15) is 0 Å². The lowest BCUT2D eigenvalue weighted by Gasteiger charge is -2.30. The summed E-state index contributed by atoms with van der Waals surface area (Å²) in [5.41, 5.74) is -0.313. The number of aliphatic carboxylic acids is 1. The number of hydrogen-bond acceptors (Lipinski definition) is 5. The highest BCUT2D eigenvalue weighted by Crippen LogP contribution is 2.44. The van der Waals surface area contributed by atoms with E-state index in [0.29, 0.717) is 0 Å². The monoisotopic (exact) mass is 341 g/mol. The first kappa shape index (κ1) is 19.0. The number of nitro benzene ring substituents is 1. The second-order valence-electron chi connectivity index (χ2n) is 6.49. The van der Waals surface area contributed by atoms with Gasteiger partial charge in [-0.2, -0.15) is 0 Å². The lowest BCUT2D eigenvalue weighted by Crippen LogP contribution is -2.34. The Morgan fingerprint density at radius 2 is 1.70 bits per heavy atom. The molecule has 0 bridgehead atoms. The van der Waals surface area contributed by atoms with Gasteiger partial charge in [0.25, 0.3) is 5.69 Å². The van der Waals surface area contributed by atoms with Crippen LogP contribution in [0, 0.1) is 10.1 Å². The van der Waals surface area contributed by atoms with E-state index in [9.17, 15) is 20.0 Å². The topological polar surface area (TPSA) is 98.9 Å². The van der Waals surface area contributed by atoms with Gasteiger partial charge in [-0.25, -0.2) is 0 Å². The maximum atomic E-state index is 11.8. The zero-order chi connectivity index (χ0) is 17.9. The molecule has 0 fully saturated rings. The summed E-state index contributed by atoms with van der Waals surface area (Å²) in [6.45, 7) is 7.96. The summed E-state index contributed by atoms with van der Waals surface area (Å²) in [5.74, 6) is -1.56. The summed E-state index contributed by atoms with van der Waals surface area (Å²) < 4.78 is 10.3. The predicted octanol–water partition coefficient (Wildman–Crippen LogP) is 3.51. The number of rotatable bonds is 7. The summed E-state index contributed by atoms with van der Waals surface area (Å²) in [4.78, 5) is 22.7. The van der Waals surface area contributed by atoms with E-state index in [0.717, 1.165) is 0 Å². The van der Waals surface area contributed by atoms with Crippen LogP contribution >= 0.6 is 0 Å². The molecule has 0 heterocycles. The lowest BCUT2D eigenvalue weighted by atomic mass is 9.94. The predicted molar refractivity (Wildman–Crippen MR) is 89.3 cm³/mol. The smallest absolute Gasteiger partial charge is 0.311 e. The number of nitro groups is 1. The molecule has 0 saturated heterocycles. The third kappa shape index (κ3) is 4.01. The molecule has 0 saturated carbocycles. The minimum absolute atomic E-state index is 0.148. The summed E-state index contributed by atoms with van der Waals surface area (Å²) in [5, 5.41) is 21.1.